The Morgan fingerprint density at radius 2 is 2.00 bits per heavy atom. The number of benzene rings is 2. The molecule has 0 bridgehead atoms. The number of ether oxygens (including phenoxy) is 3. The van der Waals surface area contributed by atoms with Gasteiger partial charge in [-0.25, -0.2) is 0 Å². The van der Waals surface area contributed by atoms with Gasteiger partial charge in [-0.3, -0.25) is 4.68 Å². The Morgan fingerprint density at radius 3 is 2.78 bits per heavy atom. The summed E-state index contributed by atoms with van der Waals surface area (Å²) >= 11 is 0. The van der Waals surface area contributed by atoms with Gasteiger partial charge in [-0.05, 0) is 42.7 Å². The molecule has 1 saturated heterocycles. The van der Waals surface area contributed by atoms with Crippen molar-refractivity contribution in [1.82, 2.24) is 9.78 Å². The summed E-state index contributed by atoms with van der Waals surface area (Å²) in [6.45, 7) is 1.57. The minimum Gasteiger partial charge on any atom is -0.493 e. The number of aromatic nitrogens is 2. The van der Waals surface area contributed by atoms with E-state index < -0.39 is 0 Å². The van der Waals surface area contributed by atoms with E-state index in [9.17, 15) is 0 Å². The van der Waals surface area contributed by atoms with E-state index in [1.807, 2.05) is 41.2 Å². The summed E-state index contributed by atoms with van der Waals surface area (Å²) in [7, 11) is 1.65. The lowest BCUT2D eigenvalue weighted by Crippen LogP contribution is -2.14. The number of hydrogen-bond donors (Lipinski definition) is 0. The van der Waals surface area contributed by atoms with Gasteiger partial charge in [0.05, 0.1) is 19.4 Å². The first-order valence-electron chi connectivity index (χ1n) is 9.36. The average molecular weight is 364 g/mol. The summed E-state index contributed by atoms with van der Waals surface area (Å²) in [5.74, 6) is 1.42. The molecule has 0 saturated carbocycles. The number of aryl methyl sites for hydroxylation is 2. The fraction of sp³-hybridized carbons (Fsp3) is 0.318. The predicted octanol–water partition coefficient (Wildman–Crippen LogP) is 4.32. The first-order valence-corrected chi connectivity index (χ1v) is 9.36. The van der Waals surface area contributed by atoms with Crippen LogP contribution in [-0.4, -0.2) is 29.8 Å². The molecule has 5 nitrogen and oxygen atoms in total. The Bertz CT molecular complexity index is 870. The predicted molar refractivity (Wildman–Crippen MR) is 104 cm³/mol. The molecule has 2 aromatic carbocycles. The zero-order valence-corrected chi connectivity index (χ0v) is 15.5. The summed E-state index contributed by atoms with van der Waals surface area (Å²) in [5, 5.41) is 4.50. The number of nitrogens with zero attached hydrogens (tertiary/aromatic N) is 2. The molecule has 1 fully saturated rings. The molecule has 1 aliphatic heterocycles. The van der Waals surface area contributed by atoms with Crippen molar-refractivity contribution in [2.24, 2.45) is 0 Å². The third-order valence-electron chi connectivity index (χ3n) is 4.78. The smallest absolute Gasteiger partial charge is 0.200 e. The van der Waals surface area contributed by atoms with Crippen molar-refractivity contribution in [3.63, 3.8) is 0 Å². The first-order chi connectivity index (χ1) is 13.3. The van der Waals surface area contributed by atoms with Crippen molar-refractivity contribution < 1.29 is 14.2 Å². The van der Waals surface area contributed by atoms with Gasteiger partial charge in [-0.15, -0.1) is 0 Å². The molecule has 5 heteroatoms. The van der Waals surface area contributed by atoms with Crippen LogP contribution in [0.3, 0.4) is 0 Å². The monoisotopic (exact) mass is 364 g/mol. The molecule has 0 amide bonds. The van der Waals surface area contributed by atoms with E-state index in [4.69, 9.17) is 14.2 Å². The Kier molecular flexibility index (Phi) is 5.39. The highest BCUT2D eigenvalue weighted by molar-refractivity contribution is 5.64. The van der Waals surface area contributed by atoms with Crippen LogP contribution in [0.15, 0.2) is 60.8 Å². The second kappa shape index (κ2) is 8.27. The summed E-state index contributed by atoms with van der Waals surface area (Å²) in [6.07, 6.45) is 4.51. The topological polar surface area (TPSA) is 45.5 Å². The summed E-state index contributed by atoms with van der Waals surface area (Å²) < 4.78 is 19.1. The largest absolute Gasteiger partial charge is 0.493 e. The van der Waals surface area contributed by atoms with Crippen molar-refractivity contribution in [3.05, 3.63) is 66.4 Å². The molecule has 3 aromatic rings. The highest BCUT2D eigenvalue weighted by atomic mass is 16.7. The normalized spacial score (nSPS) is 16.4. The third kappa shape index (κ3) is 4.14. The highest BCUT2D eigenvalue weighted by Gasteiger charge is 2.19. The van der Waals surface area contributed by atoms with Gasteiger partial charge in [-0.2, -0.15) is 5.10 Å². The fourth-order valence-electron chi connectivity index (χ4n) is 3.35. The molecular weight excluding hydrogens is 340 g/mol. The molecule has 2 heterocycles. The zero-order valence-electron chi connectivity index (χ0n) is 15.5. The van der Waals surface area contributed by atoms with Crippen LogP contribution >= 0.6 is 0 Å². The van der Waals surface area contributed by atoms with Crippen molar-refractivity contribution >= 4 is 0 Å². The van der Waals surface area contributed by atoms with Gasteiger partial charge < -0.3 is 14.2 Å². The Balaban J connectivity index is 1.55. The maximum absolute atomic E-state index is 6.03. The lowest BCUT2D eigenvalue weighted by atomic mass is 10.1. The zero-order chi connectivity index (χ0) is 18.5. The molecule has 1 aromatic heterocycles. The van der Waals surface area contributed by atoms with Gasteiger partial charge in [0, 0.05) is 24.7 Å². The van der Waals surface area contributed by atoms with E-state index in [1.165, 1.54) is 5.56 Å². The van der Waals surface area contributed by atoms with Gasteiger partial charge >= 0.3 is 0 Å². The minimum atomic E-state index is -0.197. The maximum Gasteiger partial charge on any atom is 0.200 e. The van der Waals surface area contributed by atoms with E-state index in [2.05, 4.69) is 29.4 Å². The van der Waals surface area contributed by atoms with Crippen LogP contribution in [0.1, 0.15) is 18.4 Å². The van der Waals surface area contributed by atoms with Gasteiger partial charge in [-0.1, -0.05) is 30.3 Å². The molecule has 27 heavy (non-hydrogen) atoms. The van der Waals surface area contributed by atoms with Gasteiger partial charge in [0.15, 0.2) is 17.8 Å². The van der Waals surface area contributed by atoms with Crippen molar-refractivity contribution in [3.8, 4) is 22.8 Å². The van der Waals surface area contributed by atoms with Crippen LogP contribution in [0.4, 0.5) is 0 Å². The number of hydrogen-bond acceptors (Lipinski definition) is 4. The second-order valence-corrected chi connectivity index (χ2v) is 6.60. The quantitative estimate of drug-likeness (QED) is 0.626. The van der Waals surface area contributed by atoms with Crippen molar-refractivity contribution in [2.45, 2.75) is 32.1 Å². The summed E-state index contributed by atoms with van der Waals surface area (Å²) in [4.78, 5) is 0. The van der Waals surface area contributed by atoms with Gasteiger partial charge in [0.25, 0.3) is 0 Å². The molecule has 1 atom stereocenters. The summed E-state index contributed by atoms with van der Waals surface area (Å²) in [6, 6.07) is 18.5. The first kappa shape index (κ1) is 17.6. The SMILES string of the molecule is COc1ccc(-c2ccnn2CCc2ccccc2)cc1OC1CCCO1. The van der Waals surface area contributed by atoms with E-state index in [-0.39, 0.29) is 6.29 Å². The average Bonchev–Trinajstić information content (AvgIpc) is 3.39. The Morgan fingerprint density at radius 1 is 1.11 bits per heavy atom. The lowest BCUT2D eigenvalue weighted by Gasteiger charge is -2.17. The number of methoxy groups -OCH3 is 1. The maximum atomic E-state index is 6.03. The molecule has 0 N–H and O–H groups in total. The van der Waals surface area contributed by atoms with Crippen LogP contribution in [-0.2, 0) is 17.7 Å². The van der Waals surface area contributed by atoms with Crippen LogP contribution < -0.4 is 9.47 Å². The molecule has 140 valence electrons. The van der Waals surface area contributed by atoms with Crippen molar-refractivity contribution in [2.75, 3.05) is 13.7 Å². The van der Waals surface area contributed by atoms with Crippen LogP contribution in [0.2, 0.25) is 0 Å². The molecular formula is C22H24N2O3. The number of rotatable bonds is 7. The third-order valence-corrected chi connectivity index (χ3v) is 4.78. The van der Waals surface area contributed by atoms with Crippen LogP contribution in [0, 0.1) is 0 Å². The second-order valence-electron chi connectivity index (χ2n) is 6.60. The molecule has 0 aliphatic carbocycles. The highest BCUT2D eigenvalue weighted by Crippen LogP contribution is 2.34. The standard InChI is InChI=1S/C22H24N2O3/c1-25-20-10-9-18(16-21(20)27-22-8-5-15-26-22)19-11-13-23-24(19)14-12-17-6-3-2-4-7-17/h2-4,6-7,9-11,13,16,22H,5,8,12,14-15H2,1H3. The molecule has 0 spiro atoms. The van der Waals surface area contributed by atoms with Gasteiger partial charge in [0.1, 0.15) is 0 Å². The van der Waals surface area contributed by atoms with Crippen molar-refractivity contribution in [1.29, 1.82) is 0 Å². The Labute approximate surface area is 159 Å². The fourth-order valence-corrected chi connectivity index (χ4v) is 3.35. The summed E-state index contributed by atoms with van der Waals surface area (Å²) in [5.41, 5.74) is 3.41. The van der Waals surface area contributed by atoms with Crippen LogP contribution in [0.5, 0.6) is 11.5 Å². The minimum absolute atomic E-state index is 0.197. The van der Waals surface area contributed by atoms with E-state index in [1.54, 1.807) is 7.11 Å². The van der Waals surface area contributed by atoms with Crippen LogP contribution in [0.25, 0.3) is 11.3 Å². The van der Waals surface area contributed by atoms with E-state index in [0.717, 1.165) is 43.7 Å². The van der Waals surface area contributed by atoms with E-state index >= 15 is 0 Å². The molecule has 0 radical (unpaired) electrons. The molecule has 1 aliphatic rings. The Hall–Kier alpha value is -2.79. The van der Waals surface area contributed by atoms with Gasteiger partial charge in [0.2, 0.25) is 0 Å². The lowest BCUT2D eigenvalue weighted by molar-refractivity contribution is -0.0402. The molecule has 1 unspecified atom stereocenters. The molecule has 4 rings (SSSR count). The van der Waals surface area contributed by atoms with E-state index in [0.29, 0.717) is 11.5 Å².